The molecule has 2 saturated heterocycles. The number of rotatable bonds is 5. The number of aliphatic hydroxyl groups is 1. The lowest BCUT2D eigenvalue weighted by Gasteiger charge is -2.62. The highest BCUT2D eigenvalue weighted by atomic mass is 32.2. The molecule has 188 valence electrons. The molecule has 1 N–H and O–H groups in total. The lowest BCUT2D eigenvalue weighted by atomic mass is 9.43. The number of hydrogen-bond acceptors (Lipinski definition) is 5. The summed E-state index contributed by atoms with van der Waals surface area (Å²) >= 11 is 2.28. The summed E-state index contributed by atoms with van der Waals surface area (Å²) in [6.07, 6.45) is 16.5. The Labute approximate surface area is 209 Å². The number of epoxide rings is 1. The second-order valence-electron chi connectivity index (χ2n) is 13.2. The van der Waals surface area contributed by atoms with Crippen LogP contribution in [0.15, 0.2) is 23.0 Å². The average Bonchev–Trinajstić information content (AvgIpc) is 3.26. The van der Waals surface area contributed by atoms with E-state index in [1.165, 1.54) is 76.8 Å². The number of ether oxygens (including phenoxy) is 1. The van der Waals surface area contributed by atoms with Gasteiger partial charge in [0.1, 0.15) is 11.2 Å². The SMILES string of the molecule is C[C@]12CCC(SCCN3CCCC3)CC1CC[C@@H]1[C@H]2CC[C@]2(C)C(O)(c3ccoc3)CC3O[C@]312. The van der Waals surface area contributed by atoms with Gasteiger partial charge in [-0.15, -0.1) is 0 Å². The first-order valence-electron chi connectivity index (χ1n) is 14.2. The lowest BCUT2D eigenvalue weighted by Crippen LogP contribution is -2.61. The molecule has 0 radical (unpaired) electrons. The molecule has 0 amide bonds. The molecule has 4 unspecified atom stereocenters. The van der Waals surface area contributed by atoms with Crippen molar-refractivity contribution in [3.63, 3.8) is 0 Å². The van der Waals surface area contributed by atoms with Crippen LogP contribution in [-0.4, -0.2) is 52.3 Å². The zero-order valence-electron chi connectivity index (χ0n) is 21.1. The number of furan rings is 1. The van der Waals surface area contributed by atoms with Crippen LogP contribution in [0.1, 0.15) is 83.6 Å². The molecule has 34 heavy (non-hydrogen) atoms. The Hall–Kier alpha value is -0.490. The molecule has 4 nitrogen and oxygen atoms in total. The topological polar surface area (TPSA) is 49.1 Å². The normalized spacial score (nSPS) is 52.0. The Morgan fingerprint density at radius 3 is 2.74 bits per heavy atom. The van der Waals surface area contributed by atoms with Crippen molar-refractivity contribution in [2.75, 3.05) is 25.4 Å². The van der Waals surface area contributed by atoms with Gasteiger partial charge in [0.25, 0.3) is 0 Å². The first kappa shape index (κ1) is 22.7. The second-order valence-corrected chi connectivity index (χ2v) is 14.6. The molecular weight excluding hydrogens is 442 g/mol. The Bertz CT molecular complexity index is 916. The van der Waals surface area contributed by atoms with E-state index in [2.05, 4.69) is 30.5 Å². The fourth-order valence-corrected chi connectivity index (χ4v) is 11.5. The Morgan fingerprint density at radius 2 is 1.94 bits per heavy atom. The van der Waals surface area contributed by atoms with E-state index in [0.717, 1.165) is 35.5 Å². The molecule has 6 aliphatic rings. The lowest BCUT2D eigenvalue weighted by molar-refractivity contribution is -0.189. The van der Waals surface area contributed by atoms with Gasteiger partial charge in [0, 0.05) is 34.9 Å². The van der Waals surface area contributed by atoms with Crippen LogP contribution >= 0.6 is 11.8 Å². The summed E-state index contributed by atoms with van der Waals surface area (Å²) in [5.74, 6) is 3.56. The van der Waals surface area contributed by atoms with Gasteiger partial charge in [-0.1, -0.05) is 13.8 Å². The van der Waals surface area contributed by atoms with Crippen LogP contribution in [0.25, 0.3) is 0 Å². The van der Waals surface area contributed by atoms with Crippen molar-refractivity contribution in [2.24, 2.45) is 28.6 Å². The molecule has 4 saturated carbocycles. The minimum absolute atomic E-state index is 0.114. The zero-order valence-corrected chi connectivity index (χ0v) is 22.0. The minimum atomic E-state index is -0.810. The first-order valence-corrected chi connectivity index (χ1v) is 15.2. The van der Waals surface area contributed by atoms with E-state index < -0.39 is 5.60 Å². The molecule has 6 fully saturated rings. The summed E-state index contributed by atoms with van der Waals surface area (Å²) in [5.41, 5.74) is 0.293. The van der Waals surface area contributed by atoms with Gasteiger partial charge in [-0.05, 0) is 100 Å². The molecule has 1 spiro atoms. The van der Waals surface area contributed by atoms with Gasteiger partial charge in [-0.2, -0.15) is 11.8 Å². The molecular formula is C29H43NO3S. The highest BCUT2D eigenvalue weighted by molar-refractivity contribution is 7.99. The highest BCUT2D eigenvalue weighted by Crippen LogP contribution is 2.79. The van der Waals surface area contributed by atoms with Crippen LogP contribution in [-0.2, 0) is 10.3 Å². The van der Waals surface area contributed by atoms with Crippen LogP contribution in [0.4, 0.5) is 0 Å². The van der Waals surface area contributed by atoms with Gasteiger partial charge in [-0.3, -0.25) is 0 Å². The van der Waals surface area contributed by atoms with Crippen LogP contribution < -0.4 is 0 Å². The van der Waals surface area contributed by atoms with Crippen molar-refractivity contribution >= 4 is 11.8 Å². The third-order valence-corrected chi connectivity index (χ3v) is 13.4. The van der Waals surface area contributed by atoms with E-state index in [4.69, 9.17) is 9.15 Å². The summed E-state index contributed by atoms with van der Waals surface area (Å²) in [4.78, 5) is 2.67. The molecule has 5 heteroatoms. The Morgan fingerprint density at radius 1 is 1.09 bits per heavy atom. The molecule has 4 aliphatic carbocycles. The number of likely N-dealkylation sites (tertiary alicyclic amines) is 1. The van der Waals surface area contributed by atoms with Gasteiger partial charge in [0.05, 0.1) is 18.6 Å². The number of fused-ring (bicyclic) bond motifs is 3. The molecule has 1 aromatic rings. The fraction of sp³-hybridized carbons (Fsp3) is 0.862. The van der Waals surface area contributed by atoms with E-state index in [1.807, 2.05) is 6.07 Å². The number of thioether (sulfide) groups is 1. The van der Waals surface area contributed by atoms with E-state index >= 15 is 0 Å². The molecule has 2 aliphatic heterocycles. The van der Waals surface area contributed by atoms with Crippen LogP contribution in [0.5, 0.6) is 0 Å². The van der Waals surface area contributed by atoms with Gasteiger partial charge in [-0.25, -0.2) is 0 Å². The summed E-state index contributed by atoms with van der Waals surface area (Å²) in [5, 5.41) is 12.9. The highest BCUT2D eigenvalue weighted by Gasteiger charge is 2.84. The van der Waals surface area contributed by atoms with Crippen LogP contribution in [0, 0.1) is 28.6 Å². The number of hydrogen-bond donors (Lipinski definition) is 1. The van der Waals surface area contributed by atoms with Gasteiger partial charge in [0.2, 0.25) is 0 Å². The van der Waals surface area contributed by atoms with Crippen molar-refractivity contribution in [3.05, 3.63) is 24.2 Å². The predicted molar refractivity (Wildman–Crippen MR) is 136 cm³/mol. The van der Waals surface area contributed by atoms with E-state index in [1.54, 1.807) is 12.5 Å². The summed E-state index contributed by atoms with van der Waals surface area (Å²) in [6, 6.07) is 1.98. The molecule has 0 bridgehead atoms. The van der Waals surface area contributed by atoms with Gasteiger partial charge < -0.3 is 19.2 Å². The number of nitrogens with zero attached hydrogens (tertiary/aromatic N) is 1. The largest absolute Gasteiger partial charge is 0.472 e. The zero-order chi connectivity index (χ0) is 23.2. The maximum atomic E-state index is 12.0. The molecule has 3 heterocycles. The van der Waals surface area contributed by atoms with Crippen molar-refractivity contribution in [2.45, 2.75) is 101 Å². The monoisotopic (exact) mass is 485 g/mol. The standard InChI is InChI=1S/C29H43NO3S/c1-26-10-7-22(34-16-14-30-12-3-4-13-30)17-20(26)5-6-24-23(26)8-11-27(2)28(31,21-9-15-32-19-21)18-25-29(24,27)33-25/h9,15,19-20,22-25,31H,3-8,10-14,16-18H2,1-2H3/t20?,22?,23-,24-,25?,26+,27-,28?,29+/m1/s1. The molecule has 0 aromatic carbocycles. The molecule has 1 aromatic heterocycles. The van der Waals surface area contributed by atoms with Crippen LogP contribution in [0.3, 0.4) is 0 Å². The smallest absolute Gasteiger partial charge is 0.106 e. The van der Waals surface area contributed by atoms with Gasteiger partial charge in [0.15, 0.2) is 0 Å². The predicted octanol–water partition coefficient (Wildman–Crippen LogP) is 5.84. The Balaban J connectivity index is 1.07. The van der Waals surface area contributed by atoms with E-state index in [-0.39, 0.29) is 17.1 Å². The third kappa shape index (κ3) is 2.90. The van der Waals surface area contributed by atoms with Crippen molar-refractivity contribution < 1.29 is 14.3 Å². The van der Waals surface area contributed by atoms with Crippen molar-refractivity contribution in [1.29, 1.82) is 0 Å². The maximum Gasteiger partial charge on any atom is 0.106 e. The minimum Gasteiger partial charge on any atom is -0.472 e. The van der Waals surface area contributed by atoms with E-state index in [0.29, 0.717) is 11.3 Å². The Kier molecular flexibility index (Phi) is 5.18. The quantitative estimate of drug-likeness (QED) is 0.531. The fourth-order valence-electron chi connectivity index (χ4n) is 10.1. The second kappa shape index (κ2) is 7.76. The van der Waals surface area contributed by atoms with Crippen LogP contribution in [0.2, 0.25) is 0 Å². The summed E-state index contributed by atoms with van der Waals surface area (Å²) < 4.78 is 12.1. The first-order chi connectivity index (χ1) is 16.4. The van der Waals surface area contributed by atoms with E-state index in [9.17, 15) is 5.11 Å². The van der Waals surface area contributed by atoms with Crippen molar-refractivity contribution in [1.82, 2.24) is 4.90 Å². The van der Waals surface area contributed by atoms with Crippen molar-refractivity contribution in [3.8, 4) is 0 Å². The van der Waals surface area contributed by atoms with Gasteiger partial charge >= 0.3 is 0 Å². The average molecular weight is 486 g/mol. The molecule has 7 rings (SSSR count). The third-order valence-electron chi connectivity index (χ3n) is 12.1. The molecule has 9 atom stereocenters. The maximum absolute atomic E-state index is 12.0. The summed E-state index contributed by atoms with van der Waals surface area (Å²) in [6.45, 7) is 8.94. The summed E-state index contributed by atoms with van der Waals surface area (Å²) in [7, 11) is 0.